The van der Waals surface area contributed by atoms with Crippen molar-refractivity contribution < 1.29 is 14.1 Å². The van der Waals surface area contributed by atoms with Gasteiger partial charge < -0.3 is 9.26 Å². The summed E-state index contributed by atoms with van der Waals surface area (Å²) in [6.07, 6.45) is 0. The number of carbonyl (C=O) groups excluding carboxylic acids is 1. The molecule has 0 radical (unpaired) electrons. The second-order valence-electron chi connectivity index (χ2n) is 5.71. The Bertz CT molecular complexity index is 483. The fourth-order valence-corrected chi connectivity index (χ4v) is 3.84. The Balaban J connectivity index is 2.65. The number of hydrogen-bond acceptors (Lipinski definition) is 4. The molecule has 2 rings (SSSR count). The number of rotatable bonds is 2. The smallest absolute Gasteiger partial charge is 0.293 e. The van der Waals surface area contributed by atoms with Crippen LogP contribution >= 0.6 is 15.9 Å². The molecule has 4 nitrogen and oxygen atoms in total. The molecule has 0 N–H and O–H groups in total. The quantitative estimate of drug-likeness (QED) is 0.621. The third kappa shape index (κ3) is 1.56. The monoisotopic (exact) mass is 315 g/mol. The van der Waals surface area contributed by atoms with Gasteiger partial charge in [0.2, 0.25) is 0 Å². The third-order valence-corrected chi connectivity index (χ3v) is 5.84. The molecule has 1 aliphatic carbocycles. The molecule has 0 spiro atoms. The van der Waals surface area contributed by atoms with E-state index in [2.05, 4.69) is 41.9 Å². The predicted octanol–water partition coefficient (Wildman–Crippen LogP) is 3.28. The van der Waals surface area contributed by atoms with E-state index in [-0.39, 0.29) is 16.2 Å². The van der Waals surface area contributed by atoms with Crippen molar-refractivity contribution in [1.29, 1.82) is 0 Å². The molecule has 1 aromatic rings. The first kappa shape index (κ1) is 13.6. The lowest BCUT2D eigenvalue weighted by atomic mass is 9.61. The second-order valence-corrected chi connectivity index (χ2v) is 6.63. The van der Waals surface area contributed by atoms with E-state index in [9.17, 15) is 4.79 Å². The fraction of sp³-hybridized carbons (Fsp3) is 0.692. The van der Waals surface area contributed by atoms with Crippen molar-refractivity contribution in [2.45, 2.75) is 50.5 Å². The molecule has 0 saturated heterocycles. The minimum absolute atomic E-state index is 0.130. The van der Waals surface area contributed by atoms with E-state index in [1.54, 1.807) is 0 Å². The Hall–Kier alpha value is -0.840. The highest BCUT2D eigenvalue weighted by Gasteiger charge is 2.56. The van der Waals surface area contributed by atoms with Crippen molar-refractivity contribution in [1.82, 2.24) is 5.16 Å². The van der Waals surface area contributed by atoms with E-state index >= 15 is 0 Å². The first-order chi connectivity index (χ1) is 8.26. The molecule has 1 aromatic heterocycles. The zero-order valence-corrected chi connectivity index (χ0v) is 12.9. The minimum atomic E-state index is -0.649. The Kier molecular flexibility index (Phi) is 3.08. The van der Waals surface area contributed by atoms with Gasteiger partial charge in [-0.25, -0.2) is 0 Å². The maximum absolute atomic E-state index is 10.8. The summed E-state index contributed by atoms with van der Waals surface area (Å²) in [5.74, 6) is 0.894. The Morgan fingerprint density at radius 1 is 1.44 bits per heavy atom. The van der Waals surface area contributed by atoms with E-state index < -0.39 is 5.60 Å². The number of carbonyl (C=O) groups is 1. The van der Waals surface area contributed by atoms with Crippen LogP contribution in [0.4, 0.5) is 0 Å². The van der Waals surface area contributed by atoms with E-state index in [0.717, 1.165) is 17.0 Å². The first-order valence-electron chi connectivity index (χ1n) is 5.99. The highest BCUT2D eigenvalue weighted by molar-refractivity contribution is 9.09. The summed E-state index contributed by atoms with van der Waals surface area (Å²) in [6, 6.07) is 0. The van der Waals surface area contributed by atoms with Crippen molar-refractivity contribution in [2.75, 3.05) is 0 Å². The fourth-order valence-electron chi connectivity index (χ4n) is 3.02. The van der Waals surface area contributed by atoms with Crippen molar-refractivity contribution in [3.05, 3.63) is 17.0 Å². The van der Waals surface area contributed by atoms with Crippen LogP contribution in [0.3, 0.4) is 0 Å². The van der Waals surface area contributed by atoms with Gasteiger partial charge in [0.25, 0.3) is 6.47 Å². The predicted molar refractivity (Wildman–Crippen MR) is 70.7 cm³/mol. The van der Waals surface area contributed by atoms with Crippen LogP contribution in [0.5, 0.6) is 0 Å². The molecule has 0 saturated carbocycles. The molecule has 0 aromatic carbocycles. The molecular weight excluding hydrogens is 298 g/mol. The Morgan fingerprint density at radius 2 is 2.06 bits per heavy atom. The van der Waals surface area contributed by atoms with Crippen LogP contribution in [0, 0.1) is 12.8 Å². The lowest BCUT2D eigenvalue weighted by molar-refractivity contribution is -0.152. The van der Waals surface area contributed by atoms with Gasteiger partial charge in [0.1, 0.15) is 10.4 Å². The number of aromatic nitrogens is 1. The molecule has 0 amide bonds. The van der Waals surface area contributed by atoms with Gasteiger partial charge in [-0.3, -0.25) is 4.79 Å². The summed E-state index contributed by atoms with van der Waals surface area (Å²) in [5.41, 5.74) is 1.20. The normalized spacial score (nSPS) is 33.9. The zero-order chi connectivity index (χ0) is 13.7. The zero-order valence-electron chi connectivity index (χ0n) is 11.3. The summed E-state index contributed by atoms with van der Waals surface area (Å²) >= 11 is 3.60. The molecule has 0 aliphatic heterocycles. The summed E-state index contributed by atoms with van der Waals surface area (Å²) in [5, 5.41) is 4.06. The van der Waals surface area contributed by atoms with E-state index in [1.807, 2.05) is 13.8 Å². The number of fused-ring (bicyclic) bond motifs is 1. The van der Waals surface area contributed by atoms with Gasteiger partial charge >= 0.3 is 0 Å². The van der Waals surface area contributed by atoms with Crippen molar-refractivity contribution in [3.8, 4) is 0 Å². The van der Waals surface area contributed by atoms with Crippen molar-refractivity contribution in [2.24, 2.45) is 5.92 Å². The van der Waals surface area contributed by atoms with E-state index in [1.165, 1.54) is 0 Å². The highest BCUT2D eigenvalue weighted by atomic mass is 79.9. The largest absolute Gasteiger partial charge is 0.460 e. The second kappa shape index (κ2) is 4.08. The molecule has 3 atom stereocenters. The van der Waals surface area contributed by atoms with Crippen LogP contribution in [0.25, 0.3) is 0 Å². The maximum atomic E-state index is 10.8. The van der Waals surface area contributed by atoms with Crippen molar-refractivity contribution in [3.63, 3.8) is 0 Å². The highest BCUT2D eigenvalue weighted by Crippen LogP contribution is 2.56. The third-order valence-electron chi connectivity index (χ3n) is 4.51. The maximum Gasteiger partial charge on any atom is 0.293 e. The SMILES string of the molecule is Cc1noc2c1C(C)(C)[C@@H](C)[C@@](C)(OC=O)[C@@H]2Br. The number of hydrogen-bond donors (Lipinski definition) is 0. The molecule has 100 valence electrons. The van der Waals surface area contributed by atoms with Crippen LogP contribution in [0.1, 0.15) is 49.5 Å². The van der Waals surface area contributed by atoms with E-state index in [0.29, 0.717) is 6.47 Å². The molecule has 5 heteroatoms. The van der Waals surface area contributed by atoms with Gasteiger partial charge in [-0.2, -0.15) is 0 Å². The number of aryl methyl sites for hydroxylation is 1. The number of alkyl halides is 1. The van der Waals surface area contributed by atoms with E-state index in [4.69, 9.17) is 9.26 Å². The average molecular weight is 316 g/mol. The molecule has 1 heterocycles. The summed E-state index contributed by atoms with van der Waals surface area (Å²) < 4.78 is 10.8. The van der Waals surface area contributed by atoms with Gasteiger partial charge in [0, 0.05) is 16.9 Å². The number of ether oxygens (including phenoxy) is 1. The van der Waals surface area contributed by atoms with Crippen LogP contribution in [0.15, 0.2) is 4.52 Å². The summed E-state index contributed by atoms with van der Waals surface area (Å²) in [4.78, 5) is 10.6. The van der Waals surface area contributed by atoms with Crippen molar-refractivity contribution >= 4 is 22.4 Å². The lowest BCUT2D eigenvalue weighted by Gasteiger charge is -2.49. The van der Waals surface area contributed by atoms with Gasteiger partial charge in [-0.15, -0.1) is 0 Å². The number of nitrogens with zero attached hydrogens (tertiary/aromatic N) is 1. The van der Waals surface area contributed by atoms with Crippen LogP contribution in [-0.4, -0.2) is 17.2 Å². The topological polar surface area (TPSA) is 52.3 Å². The molecule has 0 bridgehead atoms. The first-order valence-corrected chi connectivity index (χ1v) is 6.90. The summed E-state index contributed by atoms with van der Waals surface area (Å²) in [6.45, 7) is 10.7. The number of halogens is 1. The van der Waals surface area contributed by atoms with Crippen LogP contribution < -0.4 is 0 Å². The van der Waals surface area contributed by atoms with Crippen LogP contribution in [-0.2, 0) is 14.9 Å². The van der Waals surface area contributed by atoms with Gasteiger partial charge in [0.05, 0.1) is 5.69 Å². The average Bonchev–Trinajstić information content (AvgIpc) is 2.68. The Labute approximate surface area is 115 Å². The van der Waals surface area contributed by atoms with Gasteiger partial charge in [0.15, 0.2) is 5.76 Å². The van der Waals surface area contributed by atoms with Gasteiger partial charge in [-0.05, 0) is 13.8 Å². The standard InChI is InChI=1S/C13H18BrNO3/c1-7-9-10(18-15-7)11(14)13(5,17-6-16)8(2)12(9,3)4/h6,8,11H,1-5H3/t8-,11-,13-/m1/s1. The molecule has 0 unspecified atom stereocenters. The molecule has 1 aliphatic rings. The van der Waals surface area contributed by atoms with Gasteiger partial charge in [-0.1, -0.05) is 41.9 Å². The molecule has 18 heavy (non-hydrogen) atoms. The lowest BCUT2D eigenvalue weighted by Crippen LogP contribution is -2.52. The molecule has 0 fully saturated rings. The molecular formula is C13H18BrNO3. The van der Waals surface area contributed by atoms with Crippen LogP contribution in [0.2, 0.25) is 0 Å². The summed E-state index contributed by atoms with van der Waals surface area (Å²) in [7, 11) is 0. The Morgan fingerprint density at radius 3 is 2.61 bits per heavy atom. The minimum Gasteiger partial charge on any atom is -0.460 e.